The van der Waals surface area contributed by atoms with Crippen LogP contribution in [0.25, 0.3) is 11.0 Å². The first-order valence-electron chi connectivity index (χ1n) is 11.2. The fraction of sp³-hybridized carbons (Fsp3) is 0.259. The van der Waals surface area contributed by atoms with Crippen LogP contribution in [0.15, 0.2) is 66.7 Å². The largest absolute Gasteiger partial charge is 0.497 e. The summed E-state index contributed by atoms with van der Waals surface area (Å²) < 4.78 is 19.4. The number of aliphatic carboxylic acids is 1. The number of aromatic nitrogens is 2. The van der Waals surface area contributed by atoms with Crippen molar-refractivity contribution in [2.24, 2.45) is 7.05 Å². The molecule has 3 aromatic carbocycles. The Morgan fingerprint density at radius 3 is 2.53 bits per heavy atom. The Labute approximate surface area is 198 Å². The topological polar surface area (TPSA) is 82.8 Å². The Morgan fingerprint density at radius 2 is 1.76 bits per heavy atom. The molecule has 0 saturated carbocycles. The molecule has 0 radical (unpaired) electrons. The molecule has 7 heteroatoms. The Hall–Kier alpha value is -4.00. The third-order valence-electron chi connectivity index (χ3n) is 5.69. The highest BCUT2D eigenvalue weighted by Gasteiger charge is 2.12. The van der Waals surface area contributed by atoms with E-state index in [1.165, 1.54) is 5.56 Å². The highest BCUT2D eigenvalue weighted by atomic mass is 16.5. The molecule has 1 aromatic heterocycles. The van der Waals surface area contributed by atoms with Crippen LogP contribution in [0.2, 0.25) is 0 Å². The van der Waals surface area contributed by atoms with Crippen LogP contribution in [0.5, 0.6) is 17.2 Å². The smallest absolute Gasteiger partial charge is 0.303 e. The van der Waals surface area contributed by atoms with Gasteiger partial charge in [0.05, 0.1) is 24.8 Å². The average molecular weight is 461 g/mol. The average Bonchev–Trinajstić information content (AvgIpc) is 3.17. The summed E-state index contributed by atoms with van der Waals surface area (Å²) in [4.78, 5) is 15.7. The SMILES string of the molecule is COc1ccc2nc(COc3ccc(CCC(=O)O)c(OCCc4ccccc4)c3)n(C)c2c1. The second kappa shape index (κ2) is 10.7. The highest BCUT2D eigenvalue weighted by Crippen LogP contribution is 2.28. The number of aryl methyl sites for hydroxylation is 2. The van der Waals surface area contributed by atoms with Gasteiger partial charge in [-0.05, 0) is 35.7 Å². The van der Waals surface area contributed by atoms with Crippen molar-refractivity contribution < 1.29 is 24.1 Å². The third-order valence-corrected chi connectivity index (χ3v) is 5.69. The van der Waals surface area contributed by atoms with Crippen LogP contribution in [0.1, 0.15) is 23.4 Å². The number of methoxy groups -OCH3 is 1. The summed E-state index contributed by atoms with van der Waals surface area (Å²) in [7, 11) is 3.59. The molecule has 0 saturated heterocycles. The number of carboxylic acids is 1. The van der Waals surface area contributed by atoms with Crippen LogP contribution in [0.3, 0.4) is 0 Å². The van der Waals surface area contributed by atoms with E-state index >= 15 is 0 Å². The highest BCUT2D eigenvalue weighted by molar-refractivity contribution is 5.77. The molecular weight excluding hydrogens is 432 g/mol. The van der Waals surface area contributed by atoms with Crippen molar-refractivity contribution in [2.75, 3.05) is 13.7 Å². The van der Waals surface area contributed by atoms with Gasteiger partial charge in [0.1, 0.15) is 29.7 Å². The molecule has 4 rings (SSSR count). The fourth-order valence-electron chi connectivity index (χ4n) is 3.75. The minimum absolute atomic E-state index is 0.0402. The summed E-state index contributed by atoms with van der Waals surface area (Å²) in [6.45, 7) is 0.769. The molecule has 0 aliphatic carbocycles. The lowest BCUT2D eigenvalue weighted by atomic mass is 10.1. The molecule has 0 aliphatic heterocycles. The molecule has 34 heavy (non-hydrogen) atoms. The number of fused-ring (bicyclic) bond motifs is 1. The van der Waals surface area contributed by atoms with Gasteiger partial charge in [-0.25, -0.2) is 4.98 Å². The van der Waals surface area contributed by atoms with Gasteiger partial charge >= 0.3 is 5.97 Å². The van der Waals surface area contributed by atoms with E-state index in [1.54, 1.807) is 7.11 Å². The molecule has 176 valence electrons. The zero-order valence-electron chi connectivity index (χ0n) is 19.4. The van der Waals surface area contributed by atoms with E-state index in [0.717, 1.165) is 34.6 Å². The van der Waals surface area contributed by atoms with Gasteiger partial charge in [-0.2, -0.15) is 0 Å². The van der Waals surface area contributed by atoms with Gasteiger partial charge in [0.25, 0.3) is 0 Å². The van der Waals surface area contributed by atoms with Crippen LogP contribution in [-0.4, -0.2) is 34.3 Å². The molecule has 0 bridgehead atoms. The van der Waals surface area contributed by atoms with E-state index in [4.69, 9.17) is 19.3 Å². The van der Waals surface area contributed by atoms with Gasteiger partial charge in [0, 0.05) is 32.0 Å². The Balaban J connectivity index is 1.47. The molecule has 4 aromatic rings. The van der Waals surface area contributed by atoms with Crippen LogP contribution < -0.4 is 14.2 Å². The van der Waals surface area contributed by atoms with Gasteiger partial charge in [0.2, 0.25) is 0 Å². The third kappa shape index (κ3) is 5.67. The lowest BCUT2D eigenvalue weighted by molar-refractivity contribution is -0.136. The van der Waals surface area contributed by atoms with Crippen LogP contribution in [0, 0.1) is 0 Å². The lowest BCUT2D eigenvalue weighted by Gasteiger charge is -2.14. The van der Waals surface area contributed by atoms with Crippen molar-refractivity contribution in [2.45, 2.75) is 25.9 Å². The molecule has 7 nitrogen and oxygen atoms in total. The van der Waals surface area contributed by atoms with E-state index in [1.807, 2.05) is 66.2 Å². The first-order valence-corrected chi connectivity index (χ1v) is 11.2. The maximum atomic E-state index is 11.1. The first kappa shape index (κ1) is 23.2. The second-order valence-electron chi connectivity index (χ2n) is 7.98. The molecule has 1 N–H and O–H groups in total. The molecule has 0 atom stereocenters. The molecule has 0 spiro atoms. The van der Waals surface area contributed by atoms with E-state index in [-0.39, 0.29) is 13.0 Å². The van der Waals surface area contributed by atoms with E-state index in [0.29, 0.717) is 24.5 Å². The van der Waals surface area contributed by atoms with Gasteiger partial charge < -0.3 is 23.9 Å². The van der Waals surface area contributed by atoms with Crippen molar-refractivity contribution in [1.29, 1.82) is 0 Å². The maximum Gasteiger partial charge on any atom is 0.303 e. The number of hydrogen-bond acceptors (Lipinski definition) is 5. The summed E-state index contributed by atoms with van der Waals surface area (Å²) in [5.41, 5.74) is 3.86. The zero-order chi connectivity index (χ0) is 23.9. The summed E-state index contributed by atoms with van der Waals surface area (Å²) in [5, 5.41) is 9.09. The van der Waals surface area contributed by atoms with Crippen molar-refractivity contribution >= 4 is 17.0 Å². The van der Waals surface area contributed by atoms with E-state index < -0.39 is 5.97 Å². The Kier molecular flexibility index (Phi) is 7.32. The quantitative estimate of drug-likeness (QED) is 0.346. The minimum atomic E-state index is -0.839. The standard InChI is InChI=1S/C27H28N2O5/c1-29-24-16-21(32-2)11-12-23(24)28-26(29)18-34-22-10-8-20(9-13-27(30)31)25(17-22)33-15-14-19-6-4-3-5-7-19/h3-8,10-12,16-17H,9,13-15,18H2,1-2H3,(H,30,31). The number of carbonyl (C=O) groups is 1. The molecule has 0 aliphatic rings. The van der Waals surface area contributed by atoms with Gasteiger partial charge in [-0.15, -0.1) is 0 Å². The number of rotatable bonds is 11. The number of carboxylic acid groups (broad SMARTS) is 1. The second-order valence-corrected chi connectivity index (χ2v) is 7.98. The summed E-state index contributed by atoms with van der Waals surface area (Å²) >= 11 is 0. The predicted molar refractivity (Wildman–Crippen MR) is 130 cm³/mol. The molecule has 0 unspecified atom stereocenters. The monoisotopic (exact) mass is 460 g/mol. The summed E-state index contributed by atoms with van der Waals surface area (Å²) in [5.74, 6) is 2.00. The lowest BCUT2D eigenvalue weighted by Crippen LogP contribution is -2.06. The molecular formula is C27H28N2O5. The predicted octanol–water partition coefficient (Wildman–Crippen LogP) is 4.80. The van der Waals surface area contributed by atoms with Gasteiger partial charge in [-0.3, -0.25) is 4.79 Å². The van der Waals surface area contributed by atoms with E-state index in [2.05, 4.69) is 17.1 Å². The molecule has 0 fully saturated rings. The Morgan fingerprint density at radius 1 is 0.971 bits per heavy atom. The van der Waals surface area contributed by atoms with E-state index in [9.17, 15) is 4.79 Å². The summed E-state index contributed by atoms with van der Waals surface area (Å²) in [6, 6.07) is 21.4. The summed E-state index contributed by atoms with van der Waals surface area (Å²) in [6.07, 6.45) is 1.19. The van der Waals surface area contributed by atoms with Crippen molar-refractivity contribution in [1.82, 2.24) is 9.55 Å². The first-order chi connectivity index (χ1) is 16.5. The zero-order valence-corrected chi connectivity index (χ0v) is 19.4. The maximum absolute atomic E-state index is 11.1. The van der Waals surface area contributed by atoms with Gasteiger partial charge in [-0.1, -0.05) is 36.4 Å². The number of nitrogens with zero attached hydrogens (tertiary/aromatic N) is 2. The number of hydrogen-bond donors (Lipinski definition) is 1. The number of ether oxygens (including phenoxy) is 3. The Bertz CT molecular complexity index is 1270. The van der Waals surface area contributed by atoms with Gasteiger partial charge in [0.15, 0.2) is 0 Å². The molecule has 1 heterocycles. The van der Waals surface area contributed by atoms with Crippen molar-refractivity contribution in [3.05, 3.63) is 83.7 Å². The van der Waals surface area contributed by atoms with Crippen molar-refractivity contribution in [3.8, 4) is 17.2 Å². The normalized spacial score (nSPS) is 10.9. The molecule has 0 amide bonds. The fourth-order valence-corrected chi connectivity index (χ4v) is 3.75. The number of benzene rings is 3. The van der Waals surface area contributed by atoms with Crippen LogP contribution in [0.4, 0.5) is 0 Å². The van der Waals surface area contributed by atoms with Crippen LogP contribution >= 0.6 is 0 Å². The van der Waals surface area contributed by atoms with Crippen molar-refractivity contribution in [3.63, 3.8) is 0 Å². The minimum Gasteiger partial charge on any atom is -0.497 e. The number of imidazole rings is 1. The van der Waals surface area contributed by atoms with Crippen LogP contribution in [-0.2, 0) is 31.3 Å².